The molecule has 1 aliphatic heterocycles. The second-order valence-corrected chi connectivity index (χ2v) is 8.52. The molecule has 0 saturated carbocycles. The Balaban J connectivity index is 1.77. The number of ether oxygens (including phenoxy) is 2. The summed E-state index contributed by atoms with van der Waals surface area (Å²) < 4.78 is 11.3. The normalized spacial score (nSPS) is 16.8. The number of likely N-dealkylation sites (tertiary alicyclic amines) is 1. The molecule has 1 atom stereocenters. The molecular formula is C29H30N2O5. The molecular weight excluding hydrogens is 456 g/mol. The van der Waals surface area contributed by atoms with Crippen LogP contribution in [0, 0.1) is 0 Å². The first-order chi connectivity index (χ1) is 17.5. The second-order valence-electron chi connectivity index (χ2n) is 8.52. The van der Waals surface area contributed by atoms with E-state index in [0.717, 1.165) is 18.4 Å². The summed E-state index contributed by atoms with van der Waals surface area (Å²) in [5.74, 6) is -0.366. The number of hydrogen-bond acceptors (Lipinski definition) is 6. The van der Waals surface area contributed by atoms with Gasteiger partial charge in [-0.2, -0.15) is 0 Å². The van der Waals surface area contributed by atoms with Crippen LogP contribution in [0.4, 0.5) is 0 Å². The van der Waals surface area contributed by atoms with Gasteiger partial charge in [-0.15, -0.1) is 0 Å². The van der Waals surface area contributed by atoms with E-state index in [1.54, 1.807) is 42.7 Å². The zero-order chi connectivity index (χ0) is 25.5. The van der Waals surface area contributed by atoms with Crippen LogP contribution in [0.15, 0.2) is 78.6 Å². The molecule has 1 N–H and O–H groups in total. The van der Waals surface area contributed by atoms with Crippen molar-refractivity contribution < 1.29 is 24.2 Å². The molecule has 2 aromatic carbocycles. The number of carbonyl (C=O) groups is 2. The average Bonchev–Trinajstić information content (AvgIpc) is 3.15. The van der Waals surface area contributed by atoms with E-state index in [9.17, 15) is 14.7 Å². The number of carbonyl (C=O) groups excluding carboxylic acids is 2. The van der Waals surface area contributed by atoms with Crippen LogP contribution in [0.5, 0.6) is 11.5 Å². The molecule has 1 saturated heterocycles. The zero-order valence-electron chi connectivity index (χ0n) is 20.5. The lowest BCUT2D eigenvalue weighted by atomic mass is 9.95. The van der Waals surface area contributed by atoms with Gasteiger partial charge in [-0.25, -0.2) is 0 Å². The third kappa shape index (κ3) is 5.40. The van der Waals surface area contributed by atoms with Gasteiger partial charge < -0.3 is 19.5 Å². The van der Waals surface area contributed by atoms with Crippen LogP contribution in [0.1, 0.15) is 49.4 Å². The van der Waals surface area contributed by atoms with Crippen molar-refractivity contribution in [2.24, 2.45) is 0 Å². The van der Waals surface area contributed by atoms with Crippen LogP contribution in [0.3, 0.4) is 0 Å². The Bertz CT molecular complexity index is 1240. The predicted molar refractivity (Wildman–Crippen MR) is 137 cm³/mol. The number of nitrogens with zero attached hydrogens (tertiary/aromatic N) is 2. The quantitative estimate of drug-likeness (QED) is 0.182. The molecule has 186 valence electrons. The molecule has 1 unspecified atom stereocenters. The van der Waals surface area contributed by atoms with Crippen molar-refractivity contribution in [2.75, 3.05) is 13.2 Å². The Morgan fingerprint density at radius 1 is 1.00 bits per heavy atom. The lowest BCUT2D eigenvalue weighted by Crippen LogP contribution is -2.29. The van der Waals surface area contributed by atoms with E-state index in [4.69, 9.17) is 9.47 Å². The van der Waals surface area contributed by atoms with Gasteiger partial charge in [0.1, 0.15) is 17.3 Å². The summed E-state index contributed by atoms with van der Waals surface area (Å²) in [4.78, 5) is 32.1. The fourth-order valence-corrected chi connectivity index (χ4v) is 4.21. The molecule has 7 nitrogen and oxygen atoms in total. The third-order valence-electron chi connectivity index (χ3n) is 6.00. The number of benzene rings is 2. The van der Waals surface area contributed by atoms with Gasteiger partial charge in [0.15, 0.2) is 0 Å². The molecule has 0 aliphatic carbocycles. The van der Waals surface area contributed by atoms with Crippen molar-refractivity contribution in [3.8, 4) is 11.5 Å². The second kappa shape index (κ2) is 11.5. The van der Waals surface area contributed by atoms with Crippen molar-refractivity contribution in [1.82, 2.24) is 9.88 Å². The highest BCUT2D eigenvalue weighted by Crippen LogP contribution is 2.41. The van der Waals surface area contributed by atoms with Crippen LogP contribution in [0.2, 0.25) is 0 Å². The maximum Gasteiger partial charge on any atom is 0.295 e. The monoisotopic (exact) mass is 486 g/mol. The van der Waals surface area contributed by atoms with Crippen molar-refractivity contribution in [1.29, 1.82) is 0 Å². The number of aliphatic hydroxyl groups excluding tert-OH is 1. The maximum atomic E-state index is 13.3. The zero-order valence-corrected chi connectivity index (χ0v) is 20.5. The van der Waals surface area contributed by atoms with Crippen molar-refractivity contribution in [3.05, 3.63) is 95.3 Å². The molecule has 1 amide bonds. The average molecular weight is 487 g/mol. The fraction of sp³-hybridized carbons (Fsp3) is 0.276. The molecule has 7 heteroatoms. The van der Waals surface area contributed by atoms with Gasteiger partial charge in [0, 0.05) is 24.5 Å². The number of amides is 1. The molecule has 1 aliphatic rings. The van der Waals surface area contributed by atoms with Gasteiger partial charge in [0.25, 0.3) is 11.7 Å². The number of Topliss-reactive ketones (excluding diaryl/α,β-unsaturated/α-hetero) is 1. The molecule has 2 heterocycles. The summed E-state index contributed by atoms with van der Waals surface area (Å²) in [6, 6.07) is 17.0. The van der Waals surface area contributed by atoms with Gasteiger partial charge in [0.2, 0.25) is 0 Å². The lowest BCUT2D eigenvalue weighted by molar-refractivity contribution is -0.140. The minimum Gasteiger partial charge on any atom is -0.507 e. The Morgan fingerprint density at radius 3 is 2.50 bits per heavy atom. The van der Waals surface area contributed by atoms with Crippen LogP contribution < -0.4 is 9.47 Å². The van der Waals surface area contributed by atoms with Crippen molar-refractivity contribution in [3.63, 3.8) is 0 Å². The lowest BCUT2D eigenvalue weighted by Gasteiger charge is -2.25. The highest BCUT2D eigenvalue weighted by Gasteiger charge is 2.46. The summed E-state index contributed by atoms with van der Waals surface area (Å²) in [7, 11) is 0. The van der Waals surface area contributed by atoms with Gasteiger partial charge in [-0.05, 0) is 54.8 Å². The van der Waals surface area contributed by atoms with Gasteiger partial charge in [-0.1, -0.05) is 43.7 Å². The van der Waals surface area contributed by atoms with Crippen LogP contribution in [-0.4, -0.2) is 39.9 Å². The molecule has 0 bridgehead atoms. The largest absolute Gasteiger partial charge is 0.507 e. The standard InChI is InChI=1S/C29H30N2O5/c1-3-5-16-36-23-13-11-21(12-14-23)26-25(27(32)22-9-6-10-24(17-22)35-4-2)28(33)29(34)31(26)19-20-8-7-15-30-18-20/h6-15,17-18,26,32H,3-5,16,19H2,1-2H3/b27-25+. The summed E-state index contributed by atoms with van der Waals surface area (Å²) >= 11 is 0. The predicted octanol–water partition coefficient (Wildman–Crippen LogP) is 5.28. The van der Waals surface area contributed by atoms with E-state index in [0.29, 0.717) is 35.8 Å². The number of rotatable bonds is 10. The van der Waals surface area contributed by atoms with Crippen molar-refractivity contribution >= 4 is 17.4 Å². The summed E-state index contributed by atoms with van der Waals surface area (Å²) in [6.45, 7) is 5.22. The molecule has 0 spiro atoms. The fourth-order valence-electron chi connectivity index (χ4n) is 4.21. The third-order valence-corrected chi connectivity index (χ3v) is 6.00. The number of pyridine rings is 1. The Labute approximate surface area is 211 Å². The highest BCUT2D eigenvalue weighted by atomic mass is 16.5. The van der Waals surface area contributed by atoms with E-state index in [2.05, 4.69) is 11.9 Å². The van der Waals surface area contributed by atoms with Crippen LogP contribution in [-0.2, 0) is 16.1 Å². The van der Waals surface area contributed by atoms with Crippen LogP contribution >= 0.6 is 0 Å². The Kier molecular flexibility index (Phi) is 8.00. The van der Waals surface area contributed by atoms with Crippen molar-refractivity contribution in [2.45, 2.75) is 39.3 Å². The van der Waals surface area contributed by atoms with Gasteiger partial charge >= 0.3 is 0 Å². The van der Waals surface area contributed by atoms with E-state index in [1.807, 2.05) is 37.3 Å². The molecule has 0 radical (unpaired) electrons. The first-order valence-corrected chi connectivity index (χ1v) is 12.2. The highest BCUT2D eigenvalue weighted by molar-refractivity contribution is 6.46. The first kappa shape index (κ1) is 25.0. The molecule has 36 heavy (non-hydrogen) atoms. The van der Waals surface area contributed by atoms with Crippen LogP contribution in [0.25, 0.3) is 5.76 Å². The number of hydrogen-bond donors (Lipinski definition) is 1. The number of aliphatic hydroxyl groups is 1. The summed E-state index contributed by atoms with van der Waals surface area (Å²) in [5.41, 5.74) is 1.92. The maximum absolute atomic E-state index is 13.3. The molecule has 1 fully saturated rings. The van der Waals surface area contributed by atoms with Gasteiger partial charge in [-0.3, -0.25) is 14.6 Å². The Morgan fingerprint density at radius 2 is 1.81 bits per heavy atom. The SMILES string of the molecule is CCCCOc1ccc(C2/C(=C(\O)c3cccc(OCC)c3)C(=O)C(=O)N2Cc2cccnc2)cc1. The Hall–Kier alpha value is -4.13. The van der Waals surface area contributed by atoms with Gasteiger partial charge in [0.05, 0.1) is 24.8 Å². The topological polar surface area (TPSA) is 89.0 Å². The smallest absolute Gasteiger partial charge is 0.295 e. The summed E-state index contributed by atoms with van der Waals surface area (Å²) in [5, 5.41) is 11.3. The molecule has 3 aromatic rings. The molecule has 1 aromatic heterocycles. The van der Waals surface area contributed by atoms with E-state index >= 15 is 0 Å². The summed E-state index contributed by atoms with van der Waals surface area (Å²) in [6.07, 6.45) is 5.30. The van der Waals surface area contributed by atoms with E-state index in [1.165, 1.54) is 4.90 Å². The number of ketones is 1. The molecule has 4 rings (SSSR count). The minimum atomic E-state index is -0.773. The van der Waals surface area contributed by atoms with E-state index in [-0.39, 0.29) is 17.9 Å². The van der Waals surface area contributed by atoms with E-state index < -0.39 is 17.7 Å². The minimum absolute atomic E-state index is 0.0391. The number of aromatic nitrogens is 1. The first-order valence-electron chi connectivity index (χ1n) is 12.2. The number of unbranched alkanes of at least 4 members (excludes halogenated alkanes) is 1.